The van der Waals surface area contributed by atoms with E-state index in [9.17, 15) is 9.59 Å². The van der Waals surface area contributed by atoms with E-state index >= 15 is 0 Å². The number of halogens is 2. The lowest BCUT2D eigenvalue weighted by Gasteiger charge is -2.14. The molecule has 1 heterocycles. The number of hydrogen-bond donors (Lipinski definition) is 0. The van der Waals surface area contributed by atoms with Crippen molar-refractivity contribution >= 4 is 50.6 Å². The quantitative estimate of drug-likeness (QED) is 0.338. The number of carbonyl (C=O) groups excluding carboxylic acids is 1. The molecule has 0 saturated carbocycles. The molecule has 0 fully saturated rings. The van der Waals surface area contributed by atoms with Crippen LogP contribution in [0.4, 0.5) is 0 Å². The second-order valence-corrected chi connectivity index (χ2v) is 8.39. The maximum atomic E-state index is 13.2. The monoisotopic (exact) mass is 521 g/mol. The predicted molar refractivity (Wildman–Crippen MR) is 126 cm³/mol. The Hall–Kier alpha value is -2.91. The first-order valence-electron chi connectivity index (χ1n) is 9.58. The maximum absolute atomic E-state index is 13.2. The number of methoxy groups -OCH3 is 2. The highest BCUT2D eigenvalue weighted by molar-refractivity contribution is 9.10. The summed E-state index contributed by atoms with van der Waals surface area (Å²) >= 11 is 9.59. The van der Waals surface area contributed by atoms with E-state index in [1.807, 2.05) is 19.9 Å². The van der Waals surface area contributed by atoms with Gasteiger partial charge in [-0.2, -0.15) is 9.78 Å². The average molecular weight is 523 g/mol. The molecule has 2 aromatic carbocycles. The molecule has 0 N–H and O–H groups in total. The molecule has 0 spiro atoms. The highest BCUT2D eigenvalue weighted by Crippen LogP contribution is 2.34. The van der Waals surface area contributed by atoms with E-state index in [0.717, 1.165) is 4.47 Å². The van der Waals surface area contributed by atoms with Crippen LogP contribution in [0.3, 0.4) is 0 Å². The van der Waals surface area contributed by atoms with Gasteiger partial charge in [-0.05, 0) is 24.3 Å². The molecule has 0 atom stereocenters. The van der Waals surface area contributed by atoms with Crippen LogP contribution in [0.5, 0.6) is 11.5 Å². The van der Waals surface area contributed by atoms with Crippen LogP contribution in [-0.4, -0.2) is 42.7 Å². The summed E-state index contributed by atoms with van der Waals surface area (Å²) in [6, 6.07) is 8.45. The molecule has 168 valence electrons. The van der Waals surface area contributed by atoms with Crippen molar-refractivity contribution in [2.24, 2.45) is 5.10 Å². The summed E-state index contributed by atoms with van der Waals surface area (Å²) < 4.78 is 17.6. The first-order chi connectivity index (χ1) is 15.2. The van der Waals surface area contributed by atoms with E-state index in [4.69, 9.17) is 21.1 Å². The topological polar surface area (TPSA) is 92.0 Å². The number of esters is 1. The number of benzene rings is 2. The zero-order valence-corrected chi connectivity index (χ0v) is 20.2. The van der Waals surface area contributed by atoms with Crippen molar-refractivity contribution in [3.8, 4) is 11.5 Å². The number of nitrogens with zero attached hydrogens (tertiary/aromatic N) is 3. The molecule has 1 aromatic heterocycles. The molecule has 0 aliphatic heterocycles. The van der Waals surface area contributed by atoms with Gasteiger partial charge in [-0.25, -0.2) is 9.78 Å². The molecule has 32 heavy (non-hydrogen) atoms. The second kappa shape index (κ2) is 10.1. The Morgan fingerprint density at radius 1 is 1.28 bits per heavy atom. The Bertz CT molecular complexity index is 1260. The highest BCUT2D eigenvalue weighted by Gasteiger charge is 2.16. The molecule has 3 rings (SSSR count). The van der Waals surface area contributed by atoms with Crippen molar-refractivity contribution < 1.29 is 19.0 Å². The van der Waals surface area contributed by atoms with E-state index in [0.29, 0.717) is 33.1 Å². The third kappa shape index (κ3) is 5.11. The molecule has 0 aliphatic rings. The number of hydrogen-bond acceptors (Lipinski definition) is 7. The molecule has 0 radical (unpaired) electrons. The van der Waals surface area contributed by atoms with Crippen LogP contribution in [0.1, 0.15) is 31.2 Å². The van der Waals surface area contributed by atoms with Gasteiger partial charge in [0.05, 0.1) is 31.3 Å². The SMILES string of the molecule is COC(=O)COc1c(C=Nn2c(C(C)C)nc3ccc(Br)cc3c2=O)cc(Cl)cc1OC. The molecule has 0 unspecified atom stereocenters. The summed E-state index contributed by atoms with van der Waals surface area (Å²) in [5.41, 5.74) is 0.677. The first kappa shape index (κ1) is 23.7. The number of aromatic nitrogens is 2. The van der Waals surface area contributed by atoms with Gasteiger partial charge in [0, 0.05) is 27.0 Å². The Morgan fingerprint density at radius 3 is 2.69 bits per heavy atom. The Kier molecular flexibility index (Phi) is 7.52. The smallest absolute Gasteiger partial charge is 0.343 e. The van der Waals surface area contributed by atoms with E-state index in [2.05, 4.69) is 30.8 Å². The lowest BCUT2D eigenvalue weighted by Crippen LogP contribution is -2.23. The highest BCUT2D eigenvalue weighted by atomic mass is 79.9. The molecule has 0 aliphatic carbocycles. The minimum absolute atomic E-state index is 0.0724. The fraction of sp³-hybridized carbons (Fsp3) is 0.273. The normalized spacial score (nSPS) is 11.3. The number of rotatable bonds is 7. The van der Waals surface area contributed by atoms with Gasteiger partial charge in [0.1, 0.15) is 5.82 Å². The number of ether oxygens (including phenoxy) is 3. The predicted octanol–water partition coefficient (Wildman–Crippen LogP) is 4.38. The summed E-state index contributed by atoms with van der Waals surface area (Å²) in [4.78, 5) is 29.4. The van der Waals surface area contributed by atoms with Gasteiger partial charge < -0.3 is 14.2 Å². The van der Waals surface area contributed by atoms with Crippen molar-refractivity contribution in [1.82, 2.24) is 9.66 Å². The van der Waals surface area contributed by atoms with Crippen LogP contribution in [0.25, 0.3) is 10.9 Å². The third-order valence-electron chi connectivity index (χ3n) is 4.49. The van der Waals surface area contributed by atoms with Gasteiger partial charge in [-0.1, -0.05) is 41.4 Å². The molecular weight excluding hydrogens is 502 g/mol. The summed E-state index contributed by atoms with van der Waals surface area (Å²) in [5.74, 6) is 0.401. The zero-order chi connectivity index (χ0) is 23.4. The minimum Gasteiger partial charge on any atom is -0.493 e. The van der Waals surface area contributed by atoms with Crippen LogP contribution in [0.2, 0.25) is 5.02 Å². The summed E-state index contributed by atoms with van der Waals surface area (Å²) in [7, 11) is 2.71. The lowest BCUT2D eigenvalue weighted by molar-refractivity contribution is -0.142. The second-order valence-electron chi connectivity index (χ2n) is 7.04. The maximum Gasteiger partial charge on any atom is 0.343 e. The largest absolute Gasteiger partial charge is 0.493 e. The molecule has 0 amide bonds. The Balaban J connectivity index is 2.15. The molecule has 0 bridgehead atoms. The van der Waals surface area contributed by atoms with Gasteiger partial charge in [0.2, 0.25) is 0 Å². The van der Waals surface area contributed by atoms with Crippen molar-refractivity contribution in [3.05, 3.63) is 61.6 Å². The Labute approximate surface area is 197 Å². The van der Waals surface area contributed by atoms with Crippen LogP contribution < -0.4 is 15.0 Å². The number of fused-ring (bicyclic) bond motifs is 1. The van der Waals surface area contributed by atoms with Crippen molar-refractivity contribution in [3.63, 3.8) is 0 Å². The molecule has 10 heteroatoms. The molecule has 0 saturated heterocycles. The first-order valence-corrected chi connectivity index (χ1v) is 10.8. The van der Waals surface area contributed by atoms with Crippen LogP contribution >= 0.6 is 27.5 Å². The zero-order valence-electron chi connectivity index (χ0n) is 17.9. The van der Waals surface area contributed by atoms with E-state index in [1.165, 1.54) is 25.1 Å². The van der Waals surface area contributed by atoms with Crippen LogP contribution in [0, 0.1) is 0 Å². The minimum atomic E-state index is -0.562. The third-order valence-corrected chi connectivity index (χ3v) is 5.20. The van der Waals surface area contributed by atoms with Gasteiger partial charge in [0.15, 0.2) is 18.1 Å². The van der Waals surface area contributed by atoms with Crippen molar-refractivity contribution in [2.45, 2.75) is 19.8 Å². The summed E-state index contributed by atoms with van der Waals surface area (Å²) in [5, 5.41) is 5.18. The van der Waals surface area contributed by atoms with Gasteiger partial charge in [-0.15, -0.1) is 0 Å². The van der Waals surface area contributed by atoms with E-state index in [-0.39, 0.29) is 23.8 Å². The average Bonchev–Trinajstić information content (AvgIpc) is 2.77. The van der Waals surface area contributed by atoms with Gasteiger partial charge in [-0.3, -0.25) is 4.79 Å². The molecule has 8 nitrogen and oxygen atoms in total. The van der Waals surface area contributed by atoms with Gasteiger partial charge >= 0.3 is 5.97 Å². The van der Waals surface area contributed by atoms with Crippen molar-refractivity contribution in [1.29, 1.82) is 0 Å². The van der Waals surface area contributed by atoms with Crippen LogP contribution in [0.15, 0.2) is 44.7 Å². The van der Waals surface area contributed by atoms with Crippen molar-refractivity contribution in [2.75, 3.05) is 20.8 Å². The Morgan fingerprint density at radius 2 is 2.03 bits per heavy atom. The fourth-order valence-electron chi connectivity index (χ4n) is 2.95. The lowest BCUT2D eigenvalue weighted by atomic mass is 10.2. The summed E-state index contributed by atoms with van der Waals surface area (Å²) in [6.07, 6.45) is 1.42. The van der Waals surface area contributed by atoms with E-state index in [1.54, 1.807) is 24.3 Å². The standard InChI is InChI=1S/C22H21BrClN3O5/c1-12(2)21-26-17-6-5-14(23)8-16(17)22(29)27(21)25-10-13-7-15(24)9-18(30-3)20(13)32-11-19(28)31-4/h5-10,12H,11H2,1-4H3. The molecule has 3 aromatic rings. The summed E-state index contributed by atoms with van der Waals surface area (Å²) in [6.45, 7) is 3.51. The van der Waals surface area contributed by atoms with E-state index < -0.39 is 5.97 Å². The van der Waals surface area contributed by atoms with Gasteiger partial charge in [0.25, 0.3) is 5.56 Å². The van der Waals surface area contributed by atoms with Crippen LogP contribution in [-0.2, 0) is 9.53 Å². The molecular formula is C22H21BrClN3O5. The fourth-order valence-corrected chi connectivity index (χ4v) is 3.53. The number of carbonyl (C=O) groups is 1.